The number of likely N-dealkylation sites (N-methyl/N-ethyl adjacent to an activating group) is 1. The molecule has 2 unspecified atom stereocenters. The van der Waals surface area contributed by atoms with Gasteiger partial charge < -0.3 is 15.1 Å². The van der Waals surface area contributed by atoms with Gasteiger partial charge in [-0.05, 0) is 49.8 Å². The van der Waals surface area contributed by atoms with Crippen LogP contribution in [0.5, 0.6) is 0 Å². The van der Waals surface area contributed by atoms with Crippen LogP contribution in [0.15, 0.2) is 18.2 Å². The number of benzene rings is 1. The van der Waals surface area contributed by atoms with Crippen molar-refractivity contribution in [3.05, 3.63) is 24.0 Å². The van der Waals surface area contributed by atoms with Crippen LogP contribution in [0.2, 0.25) is 0 Å². The standard InChI is InChI=1S/C18H24FN3O.2ClH/c1-21-6-7-22(16-5-2-13(19)11-17(16)21)18(23)10-12-8-14-3-4-15(9-12)20-14;;/h2,5,11-12,14-15,20H,3-4,6-10H2,1H3;2*1H. The number of carbonyl (C=O) groups excluding carboxylic acids is 1. The van der Waals surface area contributed by atoms with E-state index in [1.54, 1.807) is 6.07 Å². The minimum atomic E-state index is -0.250. The Hall–Kier alpha value is -1.04. The molecule has 140 valence electrons. The lowest BCUT2D eigenvalue weighted by atomic mass is 9.89. The molecule has 3 aliphatic heterocycles. The van der Waals surface area contributed by atoms with Crippen molar-refractivity contribution in [3.8, 4) is 0 Å². The SMILES string of the molecule is CN1CCN(C(=O)CC2CC3CCC(C2)N3)c2ccc(F)cc21.Cl.Cl. The second-order valence-electron chi connectivity index (χ2n) is 7.28. The van der Waals surface area contributed by atoms with E-state index in [1.165, 1.54) is 25.0 Å². The Kier molecular flexibility index (Phi) is 6.57. The molecular weight excluding hydrogens is 364 g/mol. The van der Waals surface area contributed by atoms with Crippen molar-refractivity contribution < 1.29 is 9.18 Å². The first-order valence-electron chi connectivity index (χ1n) is 8.67. The van der Waals surface area contributed by atoms with Crippen molar-refractivity contribution in [2.45, 2.75) is 44.2 Å². The van der Waals surface area contributed by atoms with Crippen molar-refractivity contribution >= 4 is 42.1 Å². The maximum absolute atomic E-state index is 13.5. The summed E-state index contributed by atoms with van der Waals surface area (Å²) in [6, 6.07) is 5.94. The van der Waals surface area contributed by atoms with Gasteiger partial charge in [0.25, 0.3) is 0 Å². The molecule has 0 radical (unpaired) electrons. The third-order valence-corrected chi connectivity index (χ3v) is 5.63. The minimum absolute atomic E-state index is 0. The topological polar surface area (TPSA) is 35.6 Å². The van der Waals surface area contributed by atoms with Crippen LogP contribution in [0.3, 0.4) is 0 Å². The van der Waals surface area contributed by atoms with E-state index in [2.05, 4.69) is 5.32 Å². The molecule has 1 N–H and O–H groups in total. The molecule has 1 aromatic rings. The molecule has 0 aliphatic carbocycles. The van der Waals surface area contributed by atoms with E-state index < -0.39 is 0 Å². The zero-order chi connectivity index (χ0) is 16.0. The minimum Gasteiger partial charge on any atom is -0.371 e. The van der Waals surface area contributed by atoms with Crippen LogP contribution in [0, 0.1) is 11.7 Å². The van der Waals surface area contributed by atoms with Gasteiger partial charge in [-0.1, -0.05) is 0 Å². The lowest BCUT2D eigenvalue weighted by Crippen LogP contribution is -2.45. The van der Waals surface area contributed by atoms with Crippen LogP contribution in [0.1, 0.15) is 32.1 Å². The third-order valence-electron chi connectivity index (χ3n) is 5.63. The molecule has 2 fully saturated rings. The number of anilines is 2. The number of fused-ring (bicyclic) bond motifs is 3. The van der Waals surface area contributed by atoms with Crippen LogP contribution in [0.4, 0.5) is 15.8 Å². The van der Waals surface area contributed by atoms with Gasteiger partial charge in [0.2, 0.25) is 5.91 Å². The van der Waals surface area contributed by atoms with Gasteiger partial charge in [0.05, 0.1) is 11.4 Å². The summed E-state index contributed by atoms with van der Waals surface area (Å²) in [5.74, 6) is 0.432. The molecule has 0 saturated carbocycles. The van der Waals surface area contributed by atoms with Crippen LogP contribution in [-0.2, 0) is 4.79 Å². The van der Waals surface area contributed by atoms with Gasteiger partial charge in [-0.15, -0.1) is 24.8 Å². The average Bonchev–Trinajstić information content (AvgIpc) is 2.87. The van der Waals surface area contributed by atoms with Gasteiger partial charge in [-0.25, -0.2) is 4.39 Å². The summed E-state index contributed by atoms with van der Waals surface area (Å²) in [6.07, 6.45) is 5.37. The molecule has 2 saturated heterocycles. The highest BCUT2D eigenvalue weighted by Crippen LogP contribution is 2.36. The van der Waals surface area contributed by atoms with Crippen molar-refractivity contribution in [2.75, 3.05) is 29.9 Å². The largest absolute Gasteiger partial charge is 0.371 e. The summed E-state index contributed by atoms with van der Waals surface area (Å²) in [7, 11) is 1.95. The van der Waals surface area contributed by atoms with Gasteiger partial charge in [0, 0.05) is 38.6 Å². The molecule has 4 nitrogen and oxygen atoms in total. The predicted molar refractivity (Wildman–Crippen MR) is 104 cm³/mol. The third kappa shape index (κ3) is 4.04. The Balaban J connectivity index is 0.00000113. The predicted octanol–water partition coefficient (Wildman–Crippen LogP) is 3.37. The summed E-state index contributed by atoms with van der Waals surface area (Å²) >= 11 is 0. The van der Waals surface area contributed by atoms with E-state index in [0.717, 1.165) is 30.8 Å². The average molecular weight is 390 g/mol. The second kappa shape index (κ2) is 8.11. The van der Waals surface area contributed by atoms with E-state index >= 15 is 0 Å². The Morgan fingerprint density at radius 1 is 1.16 bits per heavy atom. The Labute approximate surface area is 160 Å². The van der Waals surface area contributed by atoms with Crippen LogP contribution in [-0.4, -0.2) is 38.1 Å². The summed E-state index contributed by atoms with van der Waals surface area (Å²) in [5, 5.41) is 3.63. The number of piperidine rings is 1. The molecule has 2 bridgehead atoms. The Bertz CT molecular complexity index is 618. The summed E-state index contributed by atoms with van der Waals surface area (Å²) in [6.45, 7) is 1.44. The number of carbonyl (C=O) groups is 1. The highest BCUT2D eigenvalue weighted by atomic mass is 35.5. The molecule has 3 heterocycles. The zero-order valence-electron chi connectivity index (χ0n) is 14.4. The molecule has 4 rings (SSSR count). The van der Waals surface area contributed by atoms with Crippen LogP contribution >= 0.6 is 24.8 Å². The molecule has 2 atom stereocenters. The number of amides is 1. The molecule has 7 heteroatoms. The second-order valence-corrected chi connectivity index (χ2v) is 7.28. The maximum atomic E-state index is 13.5. The van der Waals surface area contributed by atoms with Gasteiger partial charge in [0.15, 0.2) is 0 Å². The van der Waals surface area contributed by atoms with Crippen molar-refractivity contribution in [1.82, 2.24) is 5.32 Å². The number of nitrogens with zero attached hydrogens (tertiary/aromatic N) is 2. The van der Waals surface area contributed by atoms with E-state index in [1.807, 2.05) is 16.8 Å². The fourth-order valence-electron chi connectivity index (χ4n) is 4.48. The summed E-state index contributed by atoms with van der Waals surface area (Å²) in [5.41, 5.74) is 1.66. The molecule has 0 spiro atoms. The monoisotopic (exact) mass is 389 g/mol. The fourth-order valence-corrected chi connectivity index (χ4v) is 4.48. The number of halogens is 3. The van der Waals surface area contributed by atoms with Crippen molar-refractivity contribution in [2.24, 2.45) is 5.92 Å². The lowest BCUT2D eigenvalue weighted by Gasteiger charge is -2.37. The smallest absolute Gasteiger partial charge is 0.227 e. The molecule has 25 heavy (non-hydrogen) atoms. The highest BCUT2D eigenvalue weighted by molar-refractivity contribution is 5.98. The first kappa shape index (κ1) is 20.3. The zero-order valence-corrected chi connectivity index (χ0v) is 16.0. The molecule has 0 aromatic heterocycles. The molecular formula is C18H26Cl2FN3O. The fraction of sp³-hybridized carbons (Fsp3) is 0.611. The van der Waals surface area contributed by atoms with Gasteiger partial charge in [-0.3, -0.25) is 4.79 Å². The van der Waals surface area contributed by atoms with Gasteiger partial charge in [-0.2, -0.15) is 0 Å². The van der Waals surface area contributed by atoms with E-state index in [0.29, 0.717) is 31.0 Å². The molecule has 1 amide bonds. The summed E-state index contributed by atoms with van der Waals surface area (Å²) < 4.78 is 13.5. The first-order chi connectivity index (χ1) is 11.1. The van der Waals surface area contributed by atoms with E-state index in [4.69, 9.17) is 0 Å². The van der Waals surface area contributed by atoms with E-state index in [9.17, 15) is 9.18 Å². The number of hydrogen-bond acceptors (Lipinski definition) is 3. The Morgan fingerprint density at radius 3 is 2.52 bits per heavy atom. The lowest BCUT2D eigenvalue weighted by molar-refractivity contribution is -0.119. The van der Waals surface area contributed by atoms with Crippen LogP contribution < -0.4 is 15.1 Å². The number of hydrogen-bond donors (Lipinski definition) is 1. The quantitative estimate of drug-likeness (QED) is 0.841. The Morgan fingerprint density at radius 2 is 1.84 bits per heavy atom. The molecule has 3 aliphatic rings. The van der Waals surface area contributed by atoms with E-state index in [-0.39, 0.29) is 36.5 Å². The van der Waals surface area contributed by atoms with Gasteiger partial charge >= 0.3 is 0 Å². The summed E-state index contributed by atoms with van der Waals surface area (Å²) in [4.78, 5) is 16.7. The van der Waals surface area contributed by atoms with Crippen LogP contribution in [0.25, 0.3) is 0 Å². The van der Waals surface area contributed by atoms with Crippen molar-refractivity contribution in [1.29, 1.82) is 0 Å². The highest BCUT2D eigenvalue weighted by Gasteiger charge is 2.35. The number of nitrogens with one attached hydrogen (secondary N) is 1. The normalized spacial score (nSPS) is 27.2. The maximum Gasteiger partial charge on any atom is 0.227 e. The molecule has 1 aromatic carbocycles. The van der Waals surface area contributed by atoms with Crippen molar-refractivity contribution in [3.63, 3.8) is 0 Å². The first-order valence-corrected chi connectivity index (χ1v) is 8.67. The number of rotatable bonds is 2. The van der Waals surface area contributed by atoms with Gasteiger partial charge in [0.1, 0.15) is 5.82 Å².